The first-order valence-electron chi connectivity index (χ1n) is 5.28. The van der Waals surface area contributed by atoms with Crippen molar-refractivity contribution in [3.05, 3.63) is 21.9 Å². The van der Waals surface area contributed by atoms with Gasteiger partial charge in [0.1, 0.15) is 0 Å². The topological polar surface area (TPSA) is 46.3 Å². The summed E-state index contributed by atoms with van der Waals surface area (Å²) in [5.74, 6) is 0.0727. The van der Waals surface area contributed by atoms with Crippen molar-refractivity contribution in [2.24, 2.45) is 5.73 Å². The zero-order valence-corrected chi connectivity index (χ0v) is 9.72. The van der Waals surface area contributed by atoms with E-state index in [0.717, 1.165) is 19.4 Å². The third-order valence-electron chi connectivity index (χ3n) is 2.84. The average molecular weight is 224 g/mol. The van der Waals surface area contributed by atoms with E-state index in [2.05, 4.69) is 19.1 Å². The first-order chi connectivity index (χ1) is 7.22. The summed E-state index contributed by atoms with van der Waals surface area (Å²) in [5, 5.41) is 0. The maximum atomic E-state index is 11.6. The molecule has 82 valence electrons. The van der Waals surface area contributed by atoms with Gasteiger partial charge in [-0.1, -0.05) is 0 Å². The first kappa shape index (κ1) is 10.6. The van der Waals surface area contributed by atoms with Gasteiger partial charge >= 0.3 is 0 Å². The molecule has 15 heavy (non-hydrogen) atoms. The second-order valence-electron chi connectivity index (χ2n) is 3.90. The van der Waals surface area contributed by atoms with Crippen LogP contribution < -0.4 is 5.73 Å². The average Bonchev–Trinajstić information content (AvgIpc) is 2.84. The van der Waals surface area contributed by atoms with Crippen molar-refractivity contribution in [3.63, 3.8) is 0 Å². The Morgan fingerprint density at radius 2 is 2.47 bits per heavy atom. The second kappa shape index (κ2) is 4.33. The number of amides is 1. The molecule has 0 radical (unpaired) electrons. The van der Waals surface area contributed by atoms with E-state index in [4.69, 9.17) is 5.73 Å². The normalized spacial score (nSPS) is 20.9. The van der Waals surface area contributed by atoms with E-state index in [-0.39, 0.29) is 18.5 Å². The Labute approximate surface area is 93.9 Å². The lowest BCUT2D eigenvalue weighted by molar-refractivity contribution is -0.130. The van der Waals surface area contributed by atoms with Crippen molar-refractivity contribution in [1.82, 2.24) is 4.90 Å². The lowest BCUT2D eigenvalue weighted by Crippen LogP contribution is -2.35. The third kappa shape index (κ3) is 2.06. The zero-order valence-electron chi connectivity index (χ0n) is 8.90. The van der Waals surface area contributed by atoms with Gasteiger partial charge < -0.3 is 10.6 Å². The molecular formula is C11H16N2OS. The summed E-state index contributed by atoms with van der Waals surface area (Å²) >= 11 is 1.78. The minimum absolute atomic E-state index is 0.0727. The van der Waals surface area contributed by atoms with Gasteiger partial charge in [0, 0.05) is 16.3 Å². The van der Waals surface area contributed by atoms with Gasteiger partial charge in [-0.05, 0) is 31.9 Å². The van der Waals surface area contributed by atoms with Crippen molar-refractivity contribution >= 4 is 17.2 Å². The number of likely N-dealkylation sites (tertiary alicyclic amines) is 1. The minimum atomic E-state index is 0.0727. The van der Waals surface area contributed by atoms with E-state index in [9.17, 15) is 4.79 Å². The minimum Gasteiger partial charge on any atom is -0.334 e. The molecule has 0 bridgehead atoms. The molecule has 2 rings (SSSR count). The maximum absolute atomic E-state index is 11.6. The Kier molecular flexibility index (Phi) is 3.07. The van der Waals surface area contributed by atoms with Gasteiger partial charge in [0.25, 0.3) is 0 Å². The Morgan fingerprint density at radius 1 is 1.67 bits per heavy atom. The number of hydrogen-bond donors (Lipinski definition) is 1. The van der Waals surface area contributed by atoms with E-state index in [1.807, 2.05) is 4.90 Å². The molecule has 0 saturated carbocycles. The monoisotopic (exact) mass is 224 g/mol. The van der Waals surface area contributed by atoms with Crippen molar-refractivity contribution in [2.75, 3.05) is 13.1 Å². The van der Waals surface area contributed by atoms with E-state index in [1.54, 1.807) is 11.3 Å². The summed E-state index contributed by atoms with van der Waals surface area (Å²) in [7, 11) is 0. The standard InChI is InChI=1S/C11H16N2OS/c1-8-4-5-10(15-8)9-3-2-6-13(9)11(14)7-12/h4-5,9H,2-3,6-7,12H2,1H3. The van der Waals surface area contributed by atoms with Gasteiger partial charge in [-0.25, -0.2) is 0 Å². The van der Waals surface area contributed by atoms with E-state index < -0.39 is 0 Å². The molecule has 1 aromatic rings. The summed E-state index contributed by atoms with van der Waals surface area (Å²) in [4.78, 5) is 16.1. The van der Waals surface area contributed by atoms with Crippen LogP contribution in [-0.4, -0.2) is 23.9 Å². The molecule has 1 aliphatic heterocycles. The molecule has 0 aliphatic carbocycles. The van der Waals surface area contributed by atoms with Crippen LogP contribution in [0.3, 0.4) is 0 Å². The quantitative estimate of drug-likeness (QED) is 0.830. The van der Waals surface area contributed by atoms with Gasteiger partial charge in [-0.2, -0.15) is 0 Å². The van der Waals surface area contributed by atoms with Crippen molar-refractivity contribution in [3.8, 4) is 0 Å². The molecule has 3 nitrogen and oxygen atoms in total. The first-order valence-corrected chi connectivity index (χ1v) is 6.10. The fourth-order valence-electron chi connectivity index (χ4n) is 2.11. The lowest BCUT2D eigenvalue weighted by Gasteiger charge is -2.23. The van der Waals surface area contributed by atoms with Crippen LogP contribution in [0.5, 0.6) is 0 Å². The number of rotatable bonds is 2. The molecular weight excluding hydrogens is 208 g/mol. The predicted molar refractivity (Wildman–Crippen MR) is 61.8 cm³/mol. The summed E-state index contributed by atoms with van der Waals surface area (Å²) < 4.78 is 0. The molecule has 0 spiro atoms. The molecule has 1 aromatic heterocycles. The van der Waals surface area contributed by atoms with Crippen LogP contribution in [-0.2, 0) is 4.79 Å². The van der Waals surface area contributed by atoms with Crippen LogP contribution in [0.1, 0.15) is 28.6 Å². The molecule has 1 aliphatic rings. The van der Waals surface area contributed by atoms with Crippen LogP contribution in [0, 0.1) is 6.92 Å². The highest BCUT2D eigenvalue weighted by atomic mass is 32.1. The Bertz CT molecular complexity index is 361. The van der Waals surface area contributed by atoms with Crippen molar-refractivity contribution in [2.45, 2.75) is 25.8 Å². The highest BCUT2D eigenvalue weighted by Gasteiger charge is 2.29. The fourth-order valence-corrected chi connectivity index (χ4v) is 3.14. The predicted octanol–water partition coefficient (Wildman–Crippen LogP) is 1.68. The summed E-state index contributed by atoms with van der Waals surface area (Å²) in [6.45, 7) is 3.08. The van der Waals surface area contributed by atoms with Crippen LogP contribution in [0.2, 0.25) is 0 Å². The largest absolute Gasteiger partial charge is 0.334 e. The molecule has 1 saturated heterocycles. The van der Waals surface area contributed by atoms with Crippen LogP contribution in [0.25, 0.3) is 0 Å². The Balaban J connectivity index is 2.18. The van der Waals surface area contributed by atoms with Crippen LogP contribution >= 0.6 is 11.3 Å². The highest BCUT2D eigenvalue weighted by molar-refractivity contribution is 7.12. The maximum Gasteiger partial charge on any atom is 0.236 e. The Morgan fingerprint density at radius 3 is 3.07 bits per heavy atom. The summed E-state index contributed by atoms with van der Waals surface area (Å²) in [6, 6.07) is 4.52. The molecule has 2 heterocycles. The van der Waals surface area contributed by atoms with E-state index in [0.29, 0.717) is 0 Å². The Hall–Kier alpha value is -0.870. The number of nitrogens with two attached hydrogens (primary N) is 1. The number of aryl methyl sites for hydroxylation is 1. The van der Waals surface area contributed by atoms with Gasteiger partial charge in [0.05, 0.1) is 12.6 Å². The number of carbonyl (C=O) groups is 1. The molecule has 4 heteroatoms. The third-order valence-corrected chi connectivity index (χ3v) is 3.94. The molecule has 2 N–H and O–H groups in total. The van der Waals surface area contributed by atoms with Crippen molar-refractivity contribution in [1.29, 1.82) is 0 Å². The molecule has 1 amide bonds. The number of nitrogens with zero attached hydrogens (tertiary/aromatic N) is 1. The fraction of sp³-hybridized carbons (Fsp3) is 0.545. The van der Waals surface area contributed by atoms with Crippen molar-refractivity contribution < 1.29 is 4.79 Å². The van der Waals surface area contributed by atoms with Crippen LogP contribution in [0.15, 0.2) is 12.1 Å². The lowest BCUT2D eigenvalue weighted by atomic mass is 10.2. The number of hydrogen-bond acceptors (Lipinski definition) is 3. The number of carbonyl (C=O) groups excluding carboxylic acids is 1. The SMILES string of the molecule is Cc1ccc(C2CCCN2C(=O)CN)s1. The molecule has 1 atom stereocenters. The van der Waals surface area contributed by atoms with Gasteiger partial charge in [0.15, 0.2) is 0 Å². The molecule has 1 fully saturated rings. The van der Waals surface area contributed by atoms with Gasteiger partial charge in [0.2, 0.25) is 5.91 Å². The second-order valence-corrected chi connectivity index (χ2v) is 5.22. The smallest absolute Gasteiger partial charge is 0.236 e. The van der Waals surface area contributed by atoms with Crippen LogP contribution in [0.4, 0.5) is 0 Å². The summed E-state index contributed by atoms with van der Waals surface area (Å²) in [5.41, 5.74) is 5.41. The summed E-state index contributed by atoms with van der Waals surface area (Å²) in [6.07, 6.45) is 2.17. The van der Waals surface area contributed by atoms with E-state index in [1.165, 1.54) is 9.75 Å². The highest BCUT2D eigenvalue weighted by Crippen LogP contribution is 2.35. The van der Waals surface area contributed by atoms with Gasteiger partial charge in [-0.3, -0.25) is 4.79 Å². The molecule has 1 unspecified atom stereocenters. The number of thiophene rings is 1. The zero-order chi connectivity index (χ0) is 10.8. The van der Waals surface area contributed by atoms with E-state index >= 15 is 0 Å². The van der Waals surface area contributed by atoms with Gasteiger partial charge in [-0.15, -0.1) is 11.3 Å². The molecule has 0 aromatic carbocycles.